The predicted octanol–water partition coefficient (Wildman–Crippen LogP) is 3.67. The summed E-state index contributed by atoms with van der Waals surface area (Å²) in [7, 11) is 0. The predicted molar refractivity (Wildman–Crippen MR) is 89.5 cm³/mol. The van der Waals surface area contributed by atoms with Crippen molar-refractivity contribution < 1.29 is 0 Å². The molecule has 0 radical (unpaired) electrons. The average Bonchev–Trinajstić information content (AvgIpc) is 2.92. The molecule has 0 saturated heterocycles. The lowest BCUT2D eigenvalue weighted by molar-refractivity contribution is 0.230. The van der Waals surface area contributed by atoms with Crippen LogP contribution in [0, 0.1) is 5.92 Å². The monoisotopic (exact) mass is 307 g/mol. The van der Waals surface area contributed by atoms with Crippen LogP contribution in [0.15, 0.2) is 0 Å². The number of hydrogen-bond acceptors (Lipinski definition) is 4. The molecule has 2 aliphatic rings. The third-order valence-electron chi connectivity index (χ3n) is 5.35. The van der Waals surface area contributed by atoms with Gasteiger partial charge >= 0.3 is 0 Å². The maximum atomic E-state index is 6.74. The quantitative estimate of drug-likeness (QED) is 0.923. The Morgan fingerprint density at radius 2 is 2.10 bits per heavy atom. The van der Waals surface area contributed by atoms with Gasteiger partial charge in [-0.3, -0.25) is 4.90 Å². The zero-order valence-corrected chi connectivity index (χ0v) is 14.3. The Kier molecular flexibility index (Phi) is 4.67. The highest BCUT2D eigenvalue weighted by Crippen LogP contribution is 2.41. The fourth-order valence-corrected chi connectivity index (χ4v) is 5.09. The van der Waals surface area contributed by atoms with Gasteiger partial charge in [-0.2, -0.15) is 0 Å². The van der Waals surface area contributed by atoms with Crippen molar-refractivity contribution in [2.24, 2.45) is 11.7 Å². The minimum Gasteiger partial charge on any atom is -0.319 e. The molecule has 0 atom stereocenters. The molecular formula is C17H29N3S. The van der Waals surface area contributed by atoms with E-state index in [-0.39, 0.29) is 5.54 Å². The van der Waals surface area contributed by atoms with E-state index in [0.29, 0.717) is 0 Å². The Bertz CT molecular complexity index is 474. The van der Waals surface area contributed by atoms with Crippen LogP contribution in [0.1, 0.15) is 68.0 Å². The molecule has 3 rings (SSSR count). The number of fused-ring (bicyclic) bond motifs is 1. The van der Waals surface area contributed by atoms with Crippen LogP contribution in [-0.4, -0.2) is 23.0 Å². The number of aromatic nitrogens is 1. The fourth-order valence-electron chi connectivity index (χ4n) is 3.78. The summed E-state index contributed by atoms with van der Waals surface area (Å²) >= 11 is 1.90. The first-order valence-electron chi connectivity index (χ1n) is 8.65. The molecule has 118 valence electrons. The van der Waals surface area contributed by atoms with E-state index in [4.69, 9.17) is 10.7 Å². The van der Waals surface area contributed by atoms with Crippen LogP contribution in [0.5, 0.6) is 0 Å². The van der Waals surface area contributed by atoms with Crippen molar-refractivity contribution in [3.63, 3.8) is 0 Å². The third kappa shape index (κ3) is 3.17. The second-order valence-corrected chi connectivity index (χ2v) is 8.01. The number of rotatable bonds is 4. The average molecular weight is 308 g/mol. The van der Waals surface area contributed by atoms with E-state index < -0.39 is 0 Å². The molecule has 0 aromatic carbocycles. The molecule has 2 N–H and O–H groups in total. The number of thiazole rings is 1. The van der Waals surface area contributed by atoms with Gasteiger partial charge in [0, 0.05) is 24.4 Å². The van der Waals surface area contributed by atoms with Crippen molar-refractivity contribution in [3.8, 4) is 0 Å². The van der Waals surface area contributed by atoms with Crippen molar-refractivity contribution in [2.75, 3.05) is 13.1 Å². The summed E-state index contributed by atoms with van der Waals surface area (Å²) in [5.74, 6) is 0.885. The van der Waals surface area contributed by atoms with Gasteiger partial charge in [-0.1, -0.05) is 20.3 Å². The Hall–Kier alpha value is -0.450. The molecule has 1 aliphatic carbocycles. The lowest BCUT2D eigenvalue weighted by atomic mass is 9.76. The van der Waals surface area contributed by atoms with E-state index in [9.17, 15) is 0 Å². The SMILES string of the molecule is CCCN1CCc2nc(C3(N)CCC(CC)CC3)sc2C1. The van der Waals surface area contributed by atoms with E-state index in [0.717, 1.165) is 31.7 Å². The number of nitrogens with two attached hydrogens (primary N) is 1. The summed E-state index contributed by atoms with van der Waals surface area (Å²) in [6.07, 6.45) is 8.45. The lowest BCUT2D eigenvalue weighted by Crippen LogP contribution is -2.40. The third-order valence-corrected chi connectivity index (χ3v) is 6.65. The first-order chi connectivity index (χ1) is 10.1. The van der Waals surface area contributed by atoms with Crippen LogP contribution < -0.4 is 5.73 Å². The van der Waals surface area contributed by atoms with Gasteiger partial charge in [0.05, 0.1) is 11.2 Å². The van der Waals surface area contributed by atoms with E-state index in [2.05, 4.69) is 18.7 Å². The molecule has 0 amide bonds. The Labute approximate surface area is 132 Å². The number of nitrogens with zero attached hydrogens (tertiary/aromatic N) is 2. The van der Waals surface area contributed by atoms with Crippen LogP contribution in [0.25, 0.3) is 0 Å². The second kappa shape index (κ2) is 6.35. The van der Waals surface area contributed by atoms with Crippen molar-refractivity contribution in [2.45, 2.75) is 70.9 Å². The zero-order chi connectivity index (χ0) is 14.9. The van der Waals surface area contributed by atoms with Crippen molar-refractivity contribution in [1.82, 2.24) is 9.88 Å². The molecule has 0 unspecified atom stereocenters. The first kappa shape index (κ1) is 15.4. The maximum absolute atomic E-state index is 6.74. The molecule has 1 fully saturated rings. The molecule has 1 aromatic rings. The van der Waals surface area contributed by atoms with Gasteiger partial charge in [-0.05, 0) is 44.6 Å². The molecule has 1 aliphatic heterocycles. The summed E-state index contributed by atoms with van der Waals surface area (Å²) in [4.78, 5) is 8.99. The smallest absolute Gasteiger partial charge is 0.113 e. The highest BCUT2D eigenvalue weighted by Gasteiger charge is 2.36. The highest BCUT2D eigenvalue weighted by molar-refractivity contribution is 7.11. The molecule has 1 aromatic heterocycles. The minimum absolute atomic E-state index is 0.136. The largest absolute Gasteiger partial charge is 0.319 e. The van der Waals surface area contributed by atoms with Gasteiger partial charge in [-0.15, -0.1) is 11.3 Å². The van der Waals surface area contributed by atoms with Crippen LogP contribution >= 0.6 is 11.3 Å². The van der Waals surface area contributed by atoms with Gasteiger partial charge in [0.15, 0.2) is 0 Å². The molecule has 3 nitrogen and oxygen atoms in total. The Morgan fingerprint density at radius 3 is 2.76 bits per heavy atom. The van der Waals surface area contributed by atoms with Crippen LogP contribution in [0.3, 0.4) is 0 Å². The van der Waals surface area contributed by atoms with E-state index >= 15 is 0 Å². The van der Waals surface area contributed by atoms with Gasteiger partial charge in [0.1, 0.15) is 5.01 Å². The molecule has 0 spiro atoms. The molecule has 0 bridgehead atoms. The Balaban J connectivity index is 1.73. The minimum atomic E-state index is -0.136. The van der Waals surface area contributed by atoms with Gasteiger partial charge < -0.3 is 5.73 Å². The van der Waals surface area contributed by atoms with Crippen molar-refractivity contribution in [1.29, 1.82) is 0 Å². The van der Waals surface area contributed by atoms with Gasteiger partial charge in [0.25, 0.3) is 0 Å². The Morgan fingerprint density at radius 1 is 1.33 bits per heavy atom. The standard InChI is InChI=1S/C17H29N3S/c1-3-10-20-11-7-14-15(12-20)21-16(19-14)17(18)8-5-13(4-2)6-9-17/h13H,3-12,18H2,1-2H3. The number of hydrogen-bond donors (Lipinski definition) is 1. The maximum Gasteiger partial charge on any atom is 0.113 e. The molecule has 2 heterocycles. The molecule has 1 saturated carbocycles. The fraction of sp³-hybridized carbons (Fsp3) is 0.824. The summed E-state index contributed by atoms with van der Waals surface area (Å²) in [6, 6.07) is 0. The van der Waals surface area contributed by atoms with Crippen molar-refractivity contribution in [3.05, 3.63) is 15.6 Å². The second-order valence-electron chi connectivity index (χ2n) is 6.92. The summed E-state index contributed by atoms with van der Waals surface area (Å²) in [5.41, 5.74) is 7.94. The lowest BCUT2D eigenvalue weighted by Gasteiger charge is -2.35. The van der Waals surface area contributed by atoms with E-state index in [1.165, 1.54) is 54.4 Å². The van der Waals surface area contributed by atoms with Crippen LogP contribution in [0.2, 0.25) is 0 Å². The summed E-state index contributed by atoms with van der Waals surface area (Å²) in [5, 5.41) is 1.22. The zero-order valence-electron chi connectivity index (χ0n) is 13.5. The summed E-state index contributed by atoms with van der Waals surface area (Å²) < 4.78 is 0. The van der Waals surface area contributed by atoms with Crippen LogP contribution in [-0.2, 0) is 18.5 Å². The first-order valence-corrected chi connectivity index (χ1v) is 9.46. The molecular weight excluding hydrogens is 278 g/mol. The van der Waals surface area contributed by atoms with E-state index in [1.807, 2.05) is 11.3 Å². The summed E-state index contributed by atoms with van der Waals surface area (Å²) in [6.45, 7) is 8.03. The molecule has 4 heteroatoms. The van der Waals surface area contributed by atoms with Crippen LogP contribution in [0.4, 0.5) is 0 Å². The van der Waals surface area contributed by atoms with Gasteiger partial charge in [-0.25, -0.2) is 4.98 Å². The highest BCUT2D eigenvalue weighted by atomic mass is 32.1. The van der Waals surface area contributed by atoms with Gasteiger partial charge in [0.2, 0.25) is 0 Å². The van der Waals surface area contributed by atoms with E-state index in [1.54, 1.807) is 0 Å². The van der Waals surface area contributed by atoms with Crippen molar-refractivity contribution >= 4 is 11.3 Å². The topological polar surface area (TPSA) is 42.2 Å². The normalized spacial score (nSPS) is 30.3. The molecule has 21 heavy (non-hydrogen) atoms.